The molecule has 0 saturated heterocycles. The van der Waals surface area contributed by atoms with Gasteiger partial charge in [-0.15, -0.1) is 0 Å². The molecule has 0 aromatic heterocycles. The topological polar surface area (TPSA) is 0 Å². The number of rotatable bonds is 4. The highest BCUT2D eigenvalue weighted by Crippen LogP contribution is 2.58. The quantitative estimate of drug-likeness (QED) is 0.647. The number of hydrogen-bond acceptors (Lipinski definition) is 0. The average Bonchev–Trinajstić information content (AvgIpc) is 2.14. The molecule has 0 bridgehead atoms. The number of alkyl halides is 11. The lowest BCUT2D eigenvalue weighted by molar-refractivity contribution is -0.417. The Hall–Kier alpha value is -0.740. The highest BCUT2D eigenvalue weighted by molar-refractivity contribution is 6.30. The second kappa shape index (κ2) is 4.38. The van der Waals surface area contributed by atoms with Gasteiger partial charge in [-0.25, -0.2) is 0 Å². The molecule has 0 aliphatic heterocycles. The summed E-state index contributed by atoms with van der Waals surface area (Å²) in [6.07, 6.45) is -7.18. The summed E-state index contributed by atoms with van der Waals surface area (Å²) in [5.41, 5.74) is 0. The molecule has 0 aliphatic carbocycles. The van der Waals surface area contributed by atoms with E-state index in [1.165, 1.54) is 0 Å². The third kappa shape index (κ3) is 2.36. The standard InChI is InChI=1S/C7H2ClF11/c1-2(8)3(9,10)4(11,12)5(13,14)6(15,16)7(17,18)19/h1H2. The van der Waals surface area contributed by atoms with Crippen molar-refractivity contribution in [1.29, 1.82) is 0 Å². The Balaban J connectivity index is 5.99. The SMILES string of the molecule is C=C(Cl)C(F)(F)C(F)(F)C(F)(F)C(F)(F)C(F)(F)F. The van der Waals surface area contributed by atoms with Gasteiger partial charge in [-0.2, -0.15) is 48.3 Å². The van der Waals surface area contributed by atoms with Crippen molar-refractivity contribution >= 4 is 11.6 Å². The number of allylic oxidation sites excluding steroid dienone is 1. The van der Waals surface area contributed by atoms with E-state index >= 15 is 0 Å². The van der Waals surface area contributed by atoms with Gasteiger partial charge >= 0.3 is 29.9 Å². The summed E-state index contributed by atoms with van der Waals surface area (Å²) < 4.78 is 135. The highest BCUT2D eigenvalue weighted by Gasteiger charge is 2.87. The van der Waals surface area contributed by atoms with E-state index in [9.17, 15) is 48.3 Å². The molecule has 0 N–H and O–H groups in total. The summed E-state index contributed by atoms with van der Waals surface area (Å²) in [5.74, 6) is -28.1. The molecule has 0 aromatic rings. The lowest BCUT2D eigenvalue weighted by atomic mass is 9.98. The zero-order chi connectivity index (χ0) is 16.1. The van der Waals surface area contributed by atoms with Crippen molar-refractivity contribution in [2.24, 2.45) is 0 Å². The van der Waals surface area contributed by atoms with Crippen molar-refractivity contribution in [2.75, 3.05) is 0 Å². The Labute approximate surface area is 102 Å². The Morgan fingerprint density at radius 2 is 0.947 bits per heavy atom. The predicted molar refractivity (Wildman–Crippen MR) is 40.8 cm³/mol. The maximum atomic E-state index is 12.6. The first-order chi connectivity index (χ1) is 7.94. The number of halogens is 12. The molecule has 0 heterocycles. The molecule has 0 unspecified atom stereocenters. The van der Waals surface area contributed by atoms with E-state index in [4.69, 9.17) is 0 Å². The molecule has 0 atom stereocenters. The first kappa shape index (κ1) is 18.3. The van der Waals surface area contributed by atoms with Gasteiger partial charge in [0.25, 0.3) is 0 Å². The van der Waals surface area contributed by atoms with E-state index in [1.54, 1.807) is 0 Å². The van der Waals surface area contributed by atoms with Crippen molar-refractivity contribution in [3.05, 3.63) is 11.6 Å². The largest absolute Gasteiger partial charge is 0.460 e. The molecule has 0 saturated carbocycles. The highest BCUT2D eigenvalue weighted by atomic mass is 35.5. The summed E-state index contributed by atoms with van der Waals surface area (Å²) in [6.45, 7) is 1.93. The van der Waals surface area contributed by atoms with E-state index < -0.39 is 34.9 Å². The Morgan fingerprint density at radius 3 is 1.16 bits per heavy atom. The molecule has 0 nitrogen and oxygen atoms in total. The summed E-state index contributed by atoms with van der Waals surface area (Å²) in [7, 11) is 0. The van der Waals surface area contributed by atoms with Gasteiger partial charge in [-0.05, 0) is 0 Å². The van der Waals surface area contributed by atoms with Gasteiger partial charge in [0.1, 0.15) is 0 Å². The maximum Gasteiger partial charge on any atom is 0.460 e. The van der Waals surface area contributed by atoms with Gasteiger partial charge in [-0.1, -0.05) is 18.2 Å². The Bertz CT molecular complexity index is 366. The van der Waals surface area contributed by atoms with Crippen LogP contribution in [-0.4, -0.2) is 29.9 Å². The zero-order valence-corrected chi connectivity index (χ0v) is 9.00. The van der Waals surface area contributed by atoms with Crippen LogP contribution in [0.5, 0.6) is 0 Å². The van der Waals surface area contributed by atoms with Crippen molar-refractivity contribution < 1.29 is 48.3 Å². The summed E-state index contributed by atoms with van der Waals surface area (Å²) in [6, 6.07) is 0. The van der Waals surface area contributed by atoms with Crippen LogP contribution in [0.2, 0.25) is 0 Å². The van der Waals surface area contributed by atoms with E-state index in [0.717, 1.165) is 0 Å². The molecular formula is C7H2ClF11. The lowest BCUT2D eigenvalue weighted by Crippen LogP contribution is -2.66. The van der Waals surface area contributed by atoms with Crippen LogP contribution in [0.1, 0.15) is 0 Å². The number of hydrogen-bond donors (Lipinski definition) is 0. The zero-order valence-electron chi connectivity index (χ0n) is 8.24. The van der Waals surface area contributed by atoms with E-state index in [2.05, 4.69) is 11.6 Å². The van der Waals surface area contributed by atoms with Gasteiger partial charge in [0.2, 0.25) is 0 Å². The molecule has 0 fully saturated rings. The molecule has 12 heteroatoms. The molecule has 19 heavy (non-hydrogen) atoms. The fourth-order valence-corrected chi connectivity index (χ4v) is 0.861. The molecule has 114 valence electrons. The van der Waals surface area contributed by atoms with Gasteiger partial charge in [0.15, 0.2) is 0 Å². The molecular weight excluding hydrogens is 329 g/mol. The van der Waals surface area contributed by atoms with E-state index in [1.807, 2.05) is 6.58 Å². The molecule has 0 spiro atoms. The van der Waals surface area contributed by atoms with Crippen LogP contribution in [0, 0.1) is 0 Å². The summed E-state index contributed by atoms with van der Waals surface area (Å²) >= 11 is 4.24. The molecule has 0 aliphatic rings. The average molecular weight is 331 g/mol. The molecule has 0 rings (SSSR count). The monoisotopic (exact) mass is 330 g/mol. The van der Waals surface area contributed by atoms with Crippen LogP contribution in [0.15, 0.2) is 11.6 Å². The molecule has 0 amide bonds. The normalized spacial score (nSPS) is 15.6. The maximum absolute atomic E-state index is 12.6. The predicted octanol–water partition coefficient (Wildman–Crippen LogP) is 4.84. The Kier molecular flexibility index (Phi) is 4.21. The Morgan fingerprint density at radius 1 is 0.632 bits per heavy atom. The fraction of sp³-hybridized carbons (Fsp3) is 0.714. The van der Waals surface area contributed by atoms with Crippen LogP contribution >= 0.6 is 11.6 Å². The molecule has 0 radical (unpaired) electrons. The van der Waals surface area contributed by atoms with E-state index in [0.29, 0.717) is 0 Å². The van der Waals surface area contributed by atoms with Crippen LogP contribution in [0.3, 0.4) is 0 Å². The summed E-state index contributed by atoms with van der Waals surface area (Å²) in [5, 5.41) is -2.52. The summed E-state index contributed by atoms with van der Waals surface area (Å²) in [4.78, 5) is 0. The third-order valence-electron chi connectivity index (χ3n) is 1.88. The minimum absolute atomic E-state index is 1.93. The van der Waals surface area contributed by atoms with Crippen molar-refractivity contribution in [1.82, 2.24) is 0 Å². The minimum Gasteiger partial charge on any atom is -0.193 e. The third-order valence-corrected chi connectivity index (χ3v) is 2.12. The lowest BCUT2D eigenvalue weighted by Gasteiger charge is -2.36. The van der Waals surface area contributed by atoms with Gasteiger partial charge in [0.05, 0.1) is 5.03 Å². The van der Waals surface area contributed by atoms with Crippen LogP contribution in [0.4, 0.5) is 48.3 Å². The first-order valence-electron chi connectivity index (χ1n) is 3.87. The smallest absolute Gasteiger partial charge is 0.193 e. The van der Waals surface area contributed by atoms with Crippen LogP contribution in [-0.2, 0) is 0 Å². The minimum atomic E-state index is -7.44. The van der Waals surface area contributed by atoms with Crippen LogP contribution < -0.4 is 0 Å². The van der Waals surface area contributed by atoms with Gasteiger partial charge in [-0.3, -0.25) is 0 Å². The van der Waals surface area contributed by atoms with Crippen molar-refractivity contribution in [3.8, 4) is 0 Å². The van der Waals surface area contributed by atoms with Crippen molar-refractivity contribution in [3.63, 3.8) is 0 Å². The van der Waals surface area contributed by atoms with Crippen molar-refractivity contribution in [2.45, 2.75) is 29.9 Å². The van der Waals surface area contributed by atoms with Gasteiger partial charge in [0, 0.05) is 0 Å². The second-order valence-corrected chi connectivity index (χ2v) is 3.66. The van der Waals surface area contributed by atoms with Crippen LogP contribution in [0.25, 0.3) is 0 Å². The second-order valence-electron chi connectivity index (χ2n) is 3.20. The fourth-order valence-electron chi connectivity index (χ4n) is 0.743. The van der Waals surface area contributed by atoms with Gasteiger partial charge < -0.3 is 0 Å². The van der Waals surface area contributed by atoms with E-state index in [-0.39, 0.29) is 0 Å². The first-order valence-corrected chi connectivity index (χ1v) is 4.25. The molecule has 0 aromatic carbocycles.